The Bertz CT molecular complexity index is 3000. The van der Waals surface area contributed by atoms with Crippen LogP contribution >= 0.6 is 0 Å². The Morgan fingerprint density at radius 1 is 0.370 bits per heavy atom. The smallest absolute Gasteiger partial charge is 0.132 e. The van der Waals surface area contributed by atoms with E-state index in [4.69, 9.17) is 4.74 Å². The van der Waals surface area contributed by atoms with E-state index in [1.165, 1.54) is 93.9 Å². The lowest BCUT2D eigenvalue weighted by Crippen LogP contribution is -2.32. The zero-order valence-electron chi connectivity index (χ0n) is 29.8. The summed E-state index contributed by atoms with van der Waals surface area (Å²) < 4.78 is 6.94. The van der Waals surface area contributed by atoms with Crippen molar-refractivity contribution in [2.24, 2.45) is 0 Å². The van der Waals surface area contributed by atoms with E-state index in [1.807, 2.05) is 0 Å². The maximum Gasteiger partial charge on any atom is 0.132 e. The van der Waals surface area contributed by atoms with Crippen molar-refractivity contribution in [1.82, 2.24) is 0 Å². The van der Waals surface area contributed by atoms with Gasteiger partial charge in [0.25, 0.3) is 0 Å². The van der Waals surface area contributed by atoms with Crippen LogP contribution in [-0.2, 0) is 10.8 Å². The van der Waals surface area contributed by atoms with Crippen LogP contribution in [0.15, 0.2) is 188 Å². The largest absolute Gasteiger partial charge is 0.457 e. The van der Waals surface area contributed by atoms with E-state index in [1.54, 1.807) is 0 Å². The van der Waals surface area contributed by atoms with Crippen molar-refractivity contribution >= 4 is 21.5 Å². The Hall–Kier alpha value is -6.70. The Kier molecular flexibility index (Phi) is 5.90. The molecule has 0 saturated carbocycles. The summed E-state index contributed by atoms with van der Waals surface area (Å²) in [6.07, 6.45) is 0. The van der Waals surface area contributed by atoms with E-state index in [2.05, 4.69) is 195 Å². The second kappa shape index (κ2) is 10.7. The fraction of sp³-hybridized carbons (Fsp3) is 0.0566. The van der Waals surface area contributed by atoms with Gasteiger partial charge in [0.1, 0.15) is 11.5 Å². The molecule has 0 radical (unpaired) electrons. The van der Waals surface area contributed by atoms with Crippen molar-refractivity contribution in [2.45, 2.75) is 17.8 Å². The van der Waals surface area contributed by atoms with Gasteiger partial charge >= 0.3 is 0 Å². The van der Waals surface area contributed by atoms with Gasteiger partial charge in [-0.25, -0.2) is 0 Å². The van der Waals surface area contributed by atoms with Crippen LogP contribution in [0.5, 0.6) is 11.5 Å². The number of ether oxygens (including phenoxy) is 1. The number of hydrogen-bond acceptors (Lipinski definition) is 1. The van der Waals surface area contributed by atoms with Crippen LogP contribution in [0.25, 0.3) is 54.9 Å². The summed E-state index contributed by atoms with van der Waals surface area (Å²) in [6.45, 7) is 2.41. The molecule has 0 N–H and O–H groups in total. The summed E-state index contributed by atoms with van der Waals surface area (Å²) in [6, 6.07) is 69.8. The number of fused-ring (bicyclic) bond motifs is 15. The van der Waals surface area contributed by atoms with Gasteiger partial charge in [-0.3, -0.25) is 0 Å². The SMILES string of the molecule is CC1(c2ccccc2)c2cc(-c3ccc4c(c3)C3(c5ccccc5-c5ccccc53)c3c(ccc5ccccc35)O4)ccc2-c2cc3ccccc3cc21. The highest BCUT2D eigenvalue weighted by atomic mass is 16.5. The fourth-order valence-electron chi connectivity index (χ4n) is 10.3. The zero-order valence-corrected chi connectivity index (χ0v) is 29.8. The average molecular weight is 687 g/mol. The third-order valence-electron chi connectivity index (χ3n) is 12.8. The number of benzene rings is 9. The molecule has 9 aromatic rings. The molecule has 9 aromatic carbocycles. The molecule has 54 heavy (non-hydrogen) atoms. The van der Waals surface area contributed by atoms with Crippen LogP contribution in [0.4, 0.5) is 0 Å². The van der Waals surface area contributed by atoms with Crippen LogP contribution in [0.1, 0.15) is 45.9 Å². The van der Waals surface area contributed by atoms with Gasteiger partial charge in [-0.1, -0.05) is 152 Å². The molecule has 0 saturated heterocycles. The molecule has 1 spiro atoms. The average Bonchev–Trinajstić information content (AvgIpc) is 3.66. The summed E-state index contributed by atoms with van der Waals surface area (Å²) in [5.41, 5.74) is 15.7. The first-order valence-corrected chi connectivity index (χ1v) is 18.9. The first kappa shape index (κ1) is 29.8. The van der Waals surface area contributed by atoms with Gasteiger partial charge < -0.3 is 4.74 Å². The van der Waals surface area contributed by atoms with Gasteiger partial charge in [-0.2, -0.15) is 0 Å². The molecule has 3 aliphatic rings. The van der Waals surface area contributed by atoms with E-state index in [9.17, 15) is 0 Å². The van der Waals surface area contributed by atoms with Gasteiger partial charge in [0, 0.05) is 16.5 Å². The highest BCUT2D eigenvalue weighted by molar-refractivity contribution is 5.98. The summed E-state index contributed by atoms with van der Waals surface area (Å²) in [5.74, 6) is 1.82. The Morgan fingerprint density at radius 2 is 0.926 bits per heavy atom. The molecule has 1 aliphatic heterocycles. The van der Waals surface area contributed by atoms with E-state index < -0.39 is 5.41 Å². The van der Waals surface area contributed by atoms with Crippen molar-refractivity contribution in [2.75, 3.05) is 0 Å². The first-order valence-electron chi connectivity index (χ1n) is 18.9. The monoisotopic (exact) mass is 686 g/mol. The molecule has 1 heterocycles. The lowest BCUT2D eigenvalue weighted by molar-refractivity contribution is 0.438. The minimum Gasteiger partial charge on any atom is -0.457 e. The Morgan fingerprint density at radius 3 is 1.69 bits per heavy atom. The second-order valence-corrected chi connectivity index (χ2v) is 15.3. The second-order valence-electron chi connectivity index (χ2n) is 15.3. The van der Waals surface area contributed by atoms with Crippen LogP contribution in [0.2, 0.25) is 0 Å². The van der Waals surface area contributed by atoms with Gasteiger partial charge in [0.05, 0.1) is 5.41 Å². The van der Waals surface area contributed by atoms with Crippen LogP contribution in [-0.4, -0.2) is 0 Å². The van der Waals surface area contributed by atoms with Gasteiger partial charge in [0.15, 0.2) is 0 Å². The van der Waals surface area contributed by atoms with Crippen LogP contribution < -0.4 is 4.74 Å². The maximum atomic E-state index is 6.94. The number of hydrogen-bond donors (Lipinski definition) is 0. The van der Waals surface area contributed by atoms with E-state index >= 15 is 0 Å². The Labute approximate surface area is 314 Å². The quantitative estimate of drug-likeness (QED) is 0.176. The van der Waals surface area contributed by atoms with E-state index in [0.717, 1.165) is 11.5 Å². The van der Waals surface area contributed by atoms with Crippen molar-refractivity contribution in [1.29, 1.82) is 0 Å². The molecule has 0 bridgehead atoms. The molecular formula is C53H34O. The Balaban J connectivity index is 1.13. The fourth-order valence-corrected chi connectivity index (χ4v) is 10.3. The molecule has 252 valence electrons. The van der Waals surface area contributed by atoms with E-state index in [0.29, 0.717) is 0 Å². The van der Waals surface area contributed by atoms with Crippen LogP contribution in [0, 0.1) is 0 Å². The molecular weight excluding hydrogens is 653 g/mol. The van der Waals surface area contributed by atoms with Crippen molar-refractivity contribution < 1.29 is 4.74 Å². The van der Waals surface area contributed by atoms with Gasteiger partial charge in [-0.05, 0) is 126 Å². The highest BCUT2D eigenvalue weighted by Gasteiger charge is 2.52. The molecule has 12 rings (SSSR count). The normalized spacial score (nSPS) is 16.6. The van der Waals surface area contributed by atoms with Crippen LogP contribution in [0.3, 0.4) is 0 Å². The lowest BCUT2D eigenvalue weighted by Gasteiger charge is -2.40. The summed E-state index contributed by atoms with van der Waals surface area (Å²) >= 11 is 0. The minimum absolute atomic E-state index is 0.314. The van der Waals surface area contributed by atoms with Gasteiger partial charge in [-0.15, -0.1) is 0 Å². The topological polar surface area (TPSA) is 9.23 Å². The minimum atomic E-state index is -0.557. The molecule has 1 unspecified atom stereocenters. The molecule has 1 atom stereocenters. The third-order valence-corrected chi connectivity index (χ3v) is 12.8. The summed E-state index contributed by atoms with van der Waals surface area (Å²) in [5, 5.41) is 4.98. The molecule has 0 aromatic heterocycles. The molecule has 2 aliphatic carbocycles. The van der Waals surface area contributed by atoms with Crippen molar-refractivity contribution in [3.05, 3.63) is 227 Å². The van der Waals surface area contributed by atoms with Gasteiger partial charge in [0.2, 0.25) is 0 Å². The summed E-state index contributed by atoms with van der Waals surface area (Å²) in [4.78, 5) is 0. The molecule has 1 nitrogen and oxygen atoms in total. The standard InChI is InChI=1S/C53H34O/c1-52(38-16-3-2-4-17-38)46-31-36(23-26-42(46)43-29-34-14-5-6-15-35(34)30-47(43)52)37-25-27-49-48(32-37)53(51-39-18-8-7-13-33(39)24-28-50(51)54-49)44-21-11-9-19-40(44)41-20-10-12-22-45(41)53/h2-32H,1H3. The van der Waals surface area contributed by atoms with Crippen molar-refractivity contribution in [3.8, 4) is 44.9 Å². The maximum absolute atomic E-state index is 6.94. The van der Waals surface area contributed by atoms with E-state index in [-0.39, 0.29) is 5.41 Å². The zero-order chi connectivity index (χ0) is 35.6. The highest BCUT2D eigenvalue weighted by Crippen LogP contribution is 2.64. The van der Waals surface area contributed by atoms with Crippen molar-refractivity contribution in [3.63, 3.8) is 0 Å². The number of rotatable bonds is 2. The predicted octanol–water partition coefficient (Wildman–Crippen LogP) is 13.5. The predicted molar refractivity (Wildman–Crippen MR) is 222 cm³/mol. The molecule has 0 amide bonds. The molecule has 1 heteroatoms. The first-order chi connectivity index (χ1) is 26.6. The lowest BCUT2D eigenvalue weighted by atomic mass is 9.64. The summed E-state index contributed by atoms with van der Waals surface area (Å²) in [7, 11) is 0. The molecule has 0 fully saturated rings. The third kappa shape index (κ3) is 3.73.